The summed E-state index contributed by atoms with van der Waals surface area (Å²) in [6.45, 7) is 4.75. The Morgan fingerprint density at radius 2 is 2.60 bits per heavy atom. The molecule has 0 saturated carbocycles. The molecule has 0 aromatic rings. The summed E-state index contributed by atoms with van der Waals surface area (Å²) < 4.78 is 0. The van der Waals surface area contributed by atoms with E-state index in [0.29, 0.717) is 6.04 Å². The standard InChI is InChI=1S/C7H13N2O/c1-2-8-7-3-4-9(5-7)6-10/h7-8H,2-5H2,1H3/t7-/m0/s1. The van der Waals surface area contributed by atoms with Gasteiger partial charge in [0.2, 0.25) is 0 Å². The van der Waals surface area contributed by atoms with Crippen molar-refractivity contribution in [1.29, 1.82) is 0 Å². The lowest BCUT2D eigenvalue weighted by molar-refractivity contribution is 0.427. The molecule has 0 unspecified atom stereocenters. The van der Waals surface area contributed by atoms with Crippen LogP contribution in [0.2, 0.25) is 0 Å². The molecule has 1 atom stereocenters. The van der Waals surface area contributed by atoms with Crippen molar-refractivity contribution in [1.82, 2.24) is 10.2 Å². The molecule has 10 heavy (non-hydrogen) atoms. The van der Waals surface area contributed by atoms with Gasteiger partial charge in [-0.25, -0.2) is 0 Å². The van der Waals surface area contributed by atoms with E-state index in [9.17, 15) is 4.79 Å². The molecule has 1 radical (unpaired) electrons. The SMILES string of the molecule is CCN[C@H]1CCN([C]=O)C1. The maximum atomic E-state index is 10.1. The molecule has 0 aromatic heterocycles. The van der Waals surface area contributed by atoms with Gasteiger partial charge in [-0.3, -0.25) is 4.79 Å². The molecule has 3 nitrogen and oxygen atoms in total. The normalized spacial score (nSPS) is 25.3. The number of likely N-dealkylation sites (N-methyl/N-ethyl adjacent to an activating group) is 1. The Morgan fingerprint density at radius 3 is 3.10 bits per heavy atom. The molecule has 3 heteroatoms. The Balaban J connectivity index is 2.21. The van der Waals surface area contributed by atoms with Gasteiger partial charge in [-0.1, -0.05) is 6.92 Å². The lowest BCUT2D eigenvalue weighted by Gasteiger charge is -2.09. The minimum atomic E-state index is 0.506. The molecule has 57 valence electrons. The number of hydrogen-bond acceptors (Lipinski definition) is 2. The molecule has 1 saturated heterocycles. The van der Waals surface area contributed by atoms with Crippen LogP contribution in [-0.4, -0.2) is 37.0 Å². The summed E-state index contributed by atoms with van der Waals surface area (Å²) in [6, 6.07) is 0.506. The molecule has 0 aromatic carbocycles. The summed E-state index contributed by atoms with van der Waals surface area (Å²) in [4.78, 5) is 11.8. The minimum Gasteiger partial charge on any atom is -0.333 e. The fraction of sp³-hybridized carbons (Fsp3) is 0.857. The van der Waals surface area contributed by atoms with E-state index in [1.807, 2.05) is 6.41 Å². The molecule has 1 N–H and O–H groups in total. The maximum Gasteiger partial charge on any atom is 0.312 e. The first-order valence-corrected chi connectivity index (χ1v) is 3.73. The van der Waals surface area contributed by atoms with Gasteiger partial charge in [-0.05, 0) is 13.0 Å². The zero-order valence-electron chi connectivity index (χ0n) is 6.26. The van der Waals surface area contributed by atoms with Crippen LogP contribution in [0.1, 0.15) is 13.3 Å². The molecule has 0 bridgehead atoms. The van der Waals surface area contributed by atoms with E-state index in [4.69, 9.17) is 0 Å². The molecule has 1 rings (SSSR count). The molecule has 1 aliphatic rings. The van der Waals surface area contributed by atoms with Crippen LogP contribution in [0.4, 0.5) is 0 Å². The zero-order chi connectivity index (χ0) is 7.40. The van der Waals surface area contributed by atoms with Crippen LogP contribution in [0.25, 0.3) is 0 Å². The average molecular weight is 141 g/mol. The highest BCUT2D eigenvalue weighted by Gasteiger charge is 2.19. The molecule has 0 spiro atoms. The van der Waals surface area contributed by atoms with Crippen molar-refractivity contribution in [3.8, 4) is 0 Å². The highest BCUT2D eigenvalue weighted by atomic mass is 16.1. The van der Waals surface area contributed by atoms with E-state index in [2.05, 4.69) is 12.2 Å². The fourth-order valence-electron chi connectivity index (χ4n) is 1.30. The van der Waals surface area contributed by atoms with Crippen LogP contribution in [-0.2, 0) is 4.79 Å². The first kappa shape index (κ1) is 7.54. The summed E-state index contributed by atoms with van der Waals surface area (Å²) in [5.74, 6) is 0. The maximum absolute atomic E-state index is 10.1. The first-order chi connectivity index (χ1) is 4.86. The third kappa shape index (κ3) is 1.70. The highest BCUT2D eigenvalue weighted by molar-refractivity contribution is 5.48. The van der Waals surface area contributed by atoms with E-state index in [1.54, 1.807) is 4.90 Å². The van der Waals surface area contributed by atoms with E-state index >= 15 is 0 Å². The lowest BCUT2D eigenvalue weighted by Crippen LogP contribution is -2.31. The predicted molar refractivity (Wildman–Crippen MR) is 39.3 cm³/mol. The monoisotopic (exact) mass is 141 g/mol. The van der Waals surface area contributed by atoms with Crippen molar-refractivity contribution in [2.45, 2.75) is 19.4 Å². The molecule has 1 fully saturated rings. The van der Waals surface area contributed by atoms with Crippen molar-refractivity contribution in [3.05, 3.63) is 0 Å². The van der Waals surface area contributed by atoms with Gasteiger partial charge < -0.3 is 10.2 Å². The van der Waals surface area contributed by atoms with Gasteiger partial charge in [0.05, 0.1) is 0 Å². The number of carbonyl (C=O) groups excluding carboxylic acids is 1. The Morgan fingerprint density at radius 1 is 1.80 bits per heavy atom. The number of amides is 1. The van der Waals surface area contributed by atoms with E-state index in [1.165, 1.54) is 0 Å². The minimum absolute atomic E-state index is 0.506. The van der Waals surface area contributed by atoms with Crippen molar-refractivity contribution in [3.63, 3.8) is 0 Å². The van der Waals surface area contributed by atoms with Crippen LogP contribution >= 0.6 is 0 Å². The van der Waals surface area contributed by atoms with Gasteiger partial charge in [-0.2, -0.15) is 0 Å². The smallest absolute Gasteiger partial charge is 0.312 e. The first-order valence-electron chi connectivity index (χ1n) is 3.73. The quantitative estimate of drug-likeness (QED) is 0.587. The molecule has 0 aliphatic carbocycles. The largest absolute Gasteiger partial charge is 0.333 e. The van der Waals surface area contributed by atoms with E-state index in [-0.39, 0.29) is 0 Å². The summed E-state index contributed by atoms with van der Waals surface area (Å²) in [5, 5.41) is 3.29. The number of nitrogens with zero attached hydrogens (tertiary/aromatic N) is 1. The average Bonchev–Trinajstić information content (AvgIpc) is 2.37. The number of hydrogen-bond donors (Lipinski definition) is 1. The van der Waals surface area contributed by atoms with Gasteiger partial charge in [0.15, 0.2) is 0 Å². The third-order valence-electron chi connectivity index (χ3n) is 1.81. The van der Waals surface area contributed by atoms with Gasteiger partial charge >= 0.3 is 6.41 Å². The van der Waals surface area contributed by atoms with Crippen LogP contribution < -0.4 is 5.32 Å². The summed E-state index contributed by atoms with van der Waals surface area (Å²) in [6.07, 6.45) is 2.97. The van der Waals surface area contributed by atoms with Crippen molar-refractivity contribution >= 4 is 6.41 Å². The topological polar surface area (TPSA) is 32.3 Å². The highest BCUT2D eigenvalue weighted by Crippen LogP contribution is 2.05. The van der Waals surface area contributed by atoms with Crippen LogP contribution in [0.15, 0.2) is 0 Å². The van der Waals surface area contributed by atoms with Crippen LogP contribution in [0.5, 0.6) is 0 Å². The summed E-state index contributed by atoms with van der Waals surface area (Å²) in [7, 11) is 0. The molecular formula is C7H13N2O. The molecular weight excluding hydrogens is 128 g/mol. The second-order valence-electron chi connectivity index (χ2n) is 2.58. The summed E-state index contributed by atoms with van der Waals surface area (Å²) >= 11 is 0. The number of nitrogens with one attached hydrogen (secondary N) is 1. The van der Waals surface area contributed by atoms with Crippen molar-refractivity contribution < 1.29 is 4.79 Å². The molecule has 1 aliphatic heterocycles. The fourth-order valence-corrected chi connectivity index (χ4v) is 1.30. The van der Waals surface area contributed by atoms with Crippen molar-refractivity contribution in [2.24, 2.45) is 0 Å². The number of rotatable bonds is 3. The second kappa shape index (κ2) is 3.56. The van der Waals surface area contributed by atoms with Gasteiger partial charge in [0.25, 0.3) is 0 Å². The number of likely N-dealkylation sites (tertiary alicyclic amines) is 1. The van der Waals surface area contributed by atoms with Gasteiger partial charge in [0, 0.05) is 19.1 Å². The Kier molecular flexibility index (Phi) is 2.68. The van der Waals surface area contributed by atoms with Crippen LogP contribution in [0, 0.1) is 0 Å². The second-order valence-corrected chi connectivity index (χ2v) is 2.58. The summed E-state index contributed by atoms with van der Waals surface area (Å²) in [5.41, 5.74) is 0. The lowest BCUT2D eigenvalue weighted by atomic mass is 10.3. The van der Waals surface area contributed by atoms with Crippen molar-refractivity contribution in [2.75, 3.05) is 19.6 Å². The molecule has 1 heterocycles. The predicted octanol–water partition coefficient (Wildman–Crippen LogP) is -0.263. The Bertz CT molecular complexity index is 116. The third-order valence-corrected chi connectivity index (χ3v) is 1.81. The zero-order valence-corrected chi connectivity index (χ0v) is 6.26. The van der Waals surface area contributed by atoms with Gasteiger partial charge in [-0.15, -0.1) is 0 Å². The van der Waals surface area contributed by atoms with E-state index in [0.717, 1.165) is 26.1 Å². The van der Waals surface area contributed by atoms with Gasteiger partial charge in [0.1, 0.15) is 0 Å². The molecule has 1 amide bonds. The van der Waals surface area contributed by atoms with Crippen LogP contribution in [0.3, 0.4) is 0 Å². The van der Waals surface area contributed by atoms with E-state index < -0.39 is 0 Å². The Hall–Kier alpha value is -0.570. The Labute approximate surface area is 61.4 Å².